The molecule has 1 aromatic heterocycles. The summed E-state index contributed by atoms with van der Waals surface area (Å²) >= 11 is 0. The predicted octanol–water partition coefficient (Wildman–Crippen LogP) is 4.03. The SMILES string of the molecule is Cc1c(CCC(=O)OF)c(=O)oc2c(C)c(OCC(=O)c3ccccc3)ccc12. The molecule has 0 fully saturated rings. The first-order valence-electron chi connectivity index (χ1n) is 9.00. The monoisotopic (exact) mass is 398 g/mol. The van der Waals surface area contributed by atoms with Gasteiger partial charge in [-0.2, -0.15) is 0 Å². The van der Waals surface area contributed by atoms with Crippen LogP contribution in [-0.4, -0.2) is 18.4 Å². The Balaban J connectivity index is 1.87. The minimum absolute atomic E-state index is 0.00966. The summed E-state index contributed by atoms with van der Waals surface area (Å²) in [4.78, 5) is 38.8. The maximum absolute atomic E-state index is 12.4. The van der Waals surface area contributed by atoms with E-state index in [2.05, 4.69) is 4.94 Å². The fourth-order valence-electron chi connectivity index (χ4n) is 3.13. The Morgan fingerprint density at radius 2 is 1.76 bits per heavy atom. The van der Waals surface area contributed by atoms with Crippen LogP contribution in [0.1, 0.15) is 33.5 Å². The van der Waals surface area contributed by atoms with Crippen LogP contribution in [-0.2, 0) is 16.2 Å². The molecule has 0 N–H and O–H groups in total. The van der Waals surface area contributed by atoms with Crippen LogP contribution < -0.4 is 10.4 Å². The van der Waals surface area contributed by atoms with Crippen LogP contribution in [0, 0.1) is 13.8 Å². The summed E-state index contributed by atoms with van der Waals surface area (Å²) in [7, 11) is 0. The molecule has 6 nitrogen and oxygen atoms in total. The molecule has 0 radical (unpaired) electrons. The Hall–Kier alpha value is -3.48. The molecule has 3 rings (SSSR count). The first kappa shape index (κ1) is 20.3. The van der Waals surface area contributed by atoms with Crippen molar-refractivity contribution in [1.82, 2.24) is 0 Å². The summed E-state index contributed by atoms with van der Waals surface area (Å²) in [6.45, 7) is 3.31. The van der Waals surface area contributed by atoms with Crippen molar-refractivity contribution in [2.24, 2.45) is 0 Å². The van der Waals surface area contributed by atoms with Crippen LogP contribution in [0.15, 0.2) is 51.7 Å². The Labute approximate surface area is 165 Å². The van der Waals surface area contributed by atoms with E-state index < -0.39 is 11.6 Å². The molecular weight excluding hydrogens is 379 g/mol. The van der Waals surface area contributed by atoms with E-state index in [1.807, 2.05) is 6.07 Å². The smallest absolute Gasteiger partial charge is 0.349 e. The van der Waals surface area contributed by atoms with Gasteiger partial charge in [-0.25, -0.2) is 9.59 Å². The lowest BCUT2D eigenvalue weighted by Crippen LogP contribution is -2.14. The molecule has 0 unspecified atom stereocenters. The molecule has 0 atom stereocenters. The number of ether oxygens (including phenoxy) is 1. The van der Waals surface area contributed by atoms with Crippen LogP contribution in [0.5, 0.6) is 5.75 Å². The third-order valence-corrected chi connectivity index (χ3v) is 4.77. The van der Waals surface area contributed by atoms with E-state index in [1.54, 1.807) is 50.2 Å². The molecule has 3 aromatic rings. The molecule has 0 aliphatic heterocycles. The molecule has 0 bridgehead atoms. The fourth-order valence-corrected chi connectivity index (χ4v) is 3.13. The van der Waals surface area contributed by atoms with Gasteiger partial charge in [0, 0.05) is 26.6 Å². The minimum Gasteiger partial charge on any atom is -0.485 e. The van der Waals surface area contributed by atoms with Crippen LogP contribution in [0.2, 0.25) is 0 Å². The molecule has 0 saturated carbocycles. The quantitative estimate of drug-likeness (QED) is 0.441. The van der Waals surface area contributed by atoms with Crippen molar-refractivity contribution >= 4 is 22.7 Å². The predicted molar refractivity (Wildman–Crippen MR) is 104 cm³/mol. The van der Waals surface area contributed by atoms with Crippen LogP contribution in [0.3, 0.4) is 0 Å². The lowest BCUT2D eigenvalue weighted by atomic mass is 10.0. The number of rotatable bonds is 7. The van der Waals surface area contributed by atoms with E-state index in [1.165, 1.54) is 0 Å². The van der Waals surface area contributed by atoms with Gasteiger partial charge in [0.25, 0.3) is 0 Å². The average molecular weight is 398 g/mol. The zero-order valence-electron chi connectivity index (χ0n) is 16.0. The highest BCUT2D eigenvalue weighted by molar-refractivity contribution is 5.97. The largest absolute Gasteiger partial charge is 0.485 e. The highest BCUT2D eigenvalue weighted by Crippen LogP contribution is 2.29. The Morgan fingerprint density at radius 1 is 1.03 bits per heavy atom. The number of Topliss-reactive ketones (excluding diaryl/α,β-unsaturated/α-hetero) is 1. The Bertz CT molecular complexity index is 1120. The molecule has 150 valence electrons. The van der Waals surface area contributed by atoms with Gasteiger partial charge in [0.05, 0.1) is 6.42 Å². The third kappa shape index (κ3) is 4.34. The molecule has 1 heterocycles. The molecule has 2 aromatic carbocycles. The standard InChI is InChI=1S/C22H19FO6/c1-13-16-8-10-19(27-12-18(24)15-6-4-3-5-7-15)14(2)21(16)28-22(26)17(13)9-11-20(25)29-23/h3-8,10H,9,11-12H2,1-2H3. The number of carbonyl (C=O) groups is 2. The van der Waals surface area contributed by atoms with Crippen LogP contribution in [0.4, 0.5) is 4.53 Å². The third-order valence-electron chi connectivity index (χ3n) is 4.77. The maximum atomic E-state index is 12.4. The van der Waals surface area contributed by atoms with Gasteiger partial charge in [0.1, 0.15) is 11.3 Å². The highest BCUT2D eigenvalue weighted by atomic mass is 19.3. The van der Waals surface area contributed by atoms with Crippen molar-refractivity contribution in [2.45, 2.75) is 26.7 Å². The van der Waals surface area contributed by atoms with E-state index in [-0.39, 0.29) is 30.8 Å². The van der Waals surface area contributed by atoms with Crippen molar-refractivity contribution in [3.63, 3.8) is 0 Å². The van der Waals surface area contributed by atoms with Crippen LogP contribution in [0.25, 0.3) is 11.0 Å². The molecule has 0 amide bonds. The van der Waals surface area contributed by atoms with Gasteiger partial charge < -0.3 is 9.15 Å². The molecule has 0 saturated heterocycles. The first-order chi connectivity index (χ1) is 13.9. The summed E-state index contributed by atoms with van der Waals surface area (Å²) < 4.78 is 23.0. The normalized spacial score (nSPS) is 10.7. The lowest BCUT2D eigenvalue weighted by Gasteiger charge is -2.13. The van der Waals surface area contributed by atoms with Crippen molar-refractivity contribution in [3.05, 3.63) is 75.1 Å². The van der Waals surface area contributed by atoms with Gasteiger partial charge >= 0.3 is 11.6 Å². The van der Waals surface area contributed by atoms with Gasteiger partial charge in [-0.3, -0.25) is 9.74 Å². The van der Waals surface area contributed by atoms with Gasteiger partial charge in [0.2, 0.25) is 0 Å². The van der Waals surface area contributed by atoms with Crippen molar-refractivity contribution in [2.75, 3.05) is 6.61 Å². The van der Waals surface area contributed by atoms with Crippen molar-refractivity contribution in [3.8, 4) is 5.75 Å². The second-order valence-electron chi connectivity index (χ2n) is 6.59. The molecule has 0 aliphatic rings. The number of aryl methyl sites for hydroxylation is 2. The first-order valence-corrected chi connectivity index (χ1v) is 9.00. The molecular formula is C22H19FO6. The Kier molecular flexibility index (Phi) is 6.07. The van der Waals surface area contributed by atoms with Crippen molar-refractivity contribution in [1.29, 1.82) is 0 Å². The molecule has 0 aliphatic carbocycles. The minimum atomic E-state index is -1.05. The van der Waals surface area contributed by atoms with E-state index in [0.29, 0.717) is 33.4 Å². The highest BCUT2D eigenvalue weighted by Gasteiger charge is 2.17. The summed E-state index contributed by atoms with van der Waals surface area (Å²) in [5.41, 5.74) is 1.78. The lowest BCUT2D eigenvalue weighted by molar-refractivity contribution is -0.183. The number of ketones is 1. The second-order valence-corrected chi connectivity index (χ2v) is 6.59. The number of carbonyl (C=O) groups excluding carboxylic acids is 2. The van der Waals surface area contributed by atoms with Gasteiger partial charge in [0.15, 0.2) is 12.4 Å². The van der Waals surface area contributed by atoms with Crippen LogP contribution >= 0.6 is 0 Å². The second kappa shape index (κ2) is 8.68. The average Bonchev–Trinajstić information content (AvgIpc) is 2.73. The van der Waals surface area contributed by atoms with Gasteiger partial charge in [-0.05, 0) is 38.0 Å². The molecule has 29 heavy (non-hydrogen) atoms. The number of benzene rings is 2. The maximum Gasteiger partial charge on any atom is 0.349 e. The van der Waals surface area contributed by atoms with Gasteiger partial charge in [-0.15, -0.1) is 0 Å². The zero-order chi connectivity index (χ0) is 21.0. The molecule has 7 heteroatoms. The Morgan fingerprint density at radius 3 is 2.45 bits per heavy atom. The summed E-state index contributed by atoms with van der Waals surface area (Å²) in [6.07, 6.45) is -0.259. The van der Waals surface area contributed by atoms with E-state index >= 15 is 0 Å². The number of fused-ring (bicyclic) bond motifs is 1. The fraction of sp³-hybridized carbons (Fsp3) is 0.227. The zero-order valence-corrected chi connectivity index (χ0v) is 16.0. The summed E-state index contributed by atoms with van der Waals surface area (Å²) in [5.74, 6) is -0.789. The van der Waals surface area contributed by atoms with Gasteiger partial charge in [-0.1, -0.05) is 30.3 Å². The van der Waals surface area contributed by atoms with Crippen molar-refractivity contribution < 1.29 is 28.2 Å². The van der Waals surface area contributed by atoms with E-state index in [0.717, 1.165) is 0 Å². The summed E-state index contributed by atoms with van der Waals surface area (Å²) in [5, 5.41) is 0.674. The van der Waals surface area contributed by atoms with E-state index in [9.17, 15) is 18.9 Å². The topological polar surface area (TPSA) is 82.8 Å². The molecule has 0 spiro atoms. The number of halogens is 1. The number of hydrogen-bond donors (Lipinski definition) is 0. The van der Waals surface area contributed by atoms with E-state index in [4.69, 9.17) is 9.15 Å². The summed E-state index contributed by atoms with van der Waals surface area (Å²) in [6, 6.07) is 12.2. The number of hydrogen-bond acceptors (Lipinski definition) is 6.